The first kappa shape index (κ1) is 11.4. The summed E-state index contributed by atoms with van der Waals surface area (Å²) < 4.78 is 0. The van der Waals surface area contributed by atoms with Gasteiger partial charge in [0.05, 0.1) is 0 Å². The predicted molar refractivity (Wildman–Crippen MR) is 72.0 cm³/mol. The Bertz CT molecular complexity index is 504. The topological polar surface area (TPSA) is 29.0 Å². The van der Waals surface area contributed by atoms with Gasteiger partial charge in [0, 0.05) is 24.5 Å². The van der Waals surface area contributed by atoms with Crippen LogP contribution in [0, 0.1) is 0 Å². The van der Waals surface area contributed by atoms with E-state index in [1.165, 1.54) is 37.1 Å². The molecule has 0 saturated carbocycles. The van der Waals surface area contributed by atoms with E-state index in [1.807, 2.05) is 12.4 Å². The molecule has 3 rings (SSSR count). The van der Waals surface area contributed by atoms with Crippen LogP contribution < -0.4 is 0 Å². The summed E-state index contributed by atoms with van der Waals surface area (Å²) in [6.45, 7) is 3.48. The zero-order valence-corrected chi connectivity index (χ0v) is 10.4. The van der Waals surface area contributed by atoms with E-state index in [0.29, 0.717) is 0 Å². The van der Waals surface area contributed by atoms with Gasteiger partial charge in [-0.15, -0.1) is 0 Å². The standard InChI is InChI=1S/C15H17N3/c1-2-6-15(14-9-16-12-17-10-14)13(5-1)11-18-7-3-4-8-18/h1-2,5-6,9-10,12H,3-4,7-8,11H2. The van der Waals surface area contributed by atoms with E-state index in [0.717, 1.165) is 12.1 Å². The average molecular weight is 239 g/mol. The van der Waals surface area contributed by atoms with Crippen molar-refractivity contribution in [1.29, 1.82) is 0 Å². The monoisotopic (exact) mass is 239 g/mol. The maximum absolute atomic E-state index is 4.11. The summed E-state index contributed by atoms with van der Waals surface area (Å²) in [5.41, 5.74) is 3.73. The van der Waals surface area contributed by atoms with Gasteiger partial charge in [0.15, 0.2) is 0 Å². The molecular weight excluding hydrogens is 222 g/mol. The van der Waals surface area contributed by atoms with Gasteiger partial charge < -0.3 is 0 Å². The molecule has 0 unspecified atom stereocenters. The number of rotatable bonds is 3. The number of benzene rings is 1. The Hall–Kier alpha value is -1.74. The molecule has 1 aliphatic heterocycles. The molecule has 1 aromatic heterocycles. The van der Waals surface area contributed by atoms with Crippen LogP contribution >= 0.6 is 0 Å². The summed E-state index contributed by atoms with van der Waals surface area (Å²) >= 11 is 0. The lowest BCUT2D eigenvalue weighted by atomic mass is 10.0. The van der Waals surface area contributed by atoms with Gasteiger partial charge in [0.2, 0.25) is 0 Å². The van der Waals surface area contributed by atoms with Crippen LogP contribution in [-0.2, 0) is 6.54 Å². The van der Waals surface area contributed by atoms with Crippen molar-refractivity contribution in [2.45, 2.75) is 19.4 Å². The molecule has 0 spiro atoms. The molecule has 0 N–H and O–H groups in total. The van der Waals surface area contributed by atoms with Gasteiger partial charge in [-0.1, -0.05) is 24.3 Å². The second-order valence-electron chi connectivity index (χ2n) is 4.77. The van der Waals surface area contributed by atoms with E-state index in [9.17, 15) is 0 Å². The first-order chi connectivity index (χ1) is 8.93. The number of hydrogen-bond acceptors (Lipinski definition) is 3. The fourth-order valence-electron chi connectivity index (χ4n) is 2.56. The highest BCUT2D eigenvalue weighted by Gasteiger charge is 2.14. The predicted octanol–water partition coefficient (Wildman–Crippen LogP) is 2.74. The quantitative estimate of drug-likeness (QED) is 0.824. The zero-order chi connectivity index (χ0) is 12.2. The van der Waals surface area contributed by atoms with Crippen LogP contribution in [-0.4, -0.2) is 28.0 Å². The van der Waals surface area contributed by atoms with Crippen molar-refractivity contribution in [1.82, 2.24) is 14.9 Å². The Balaban J connectivity index is 1.90. The SMILES string of the molecule is c1ccc(-c2cncnc2)c(CN2CCCC2)c1. The van der Waals surface area contributed by atoms with E-state index in [2.05, 4.69) is 39.1 Å². The molecule has 3 nitrogen and oxygen atoms in total. The van der Waals surface area contributed by atoms with Gasteiger partial charge in [-0.05, 0) is 37.1 Å². The third kappa shape index (κ3) is 2.41. The zero-order valence-electron chi connectivity index (χ0n) is 10.4. The van der Waals surface area contributed by atoms with Crippen molar-refractivity contribution in [3.63, 3.8) is 0 Å². The van der Waals surface area contributed by atoms with Crippen LogP contribution in [0.4, 0.5) is 0 Å². The van der Waals surface area contributed by atoms with E-state index in [4.69, 9.17) is 0 Å². The minimum absolute atomic E-state index is 1.03. The normalized spacial score (nSPS) is 16.0. The number of likely N-dealkylation sites (tertiary alicyclic amines) is 1. The van der Waals surface area contributed by atoms with E-state index in [-0.39, 0.29) is 0 Å². The number of aromatic nitrogens is 2. The van der Waals surface area contributed by atoms with Gasteiger partial charge in [-0.2, -0.15) is 0 Å². The molecule has 0 radical (unpaired) electrons. The van der Waals surface area contributed by atoms with Gasteiger partial charge >= 0.3 is 0 Å². The lowest BCUT2D eigenvalue weighted by molar-refractivity contribution is 0.332. The third-order valence-electron chi connectivity index (χ3n) is 3.48. The van der Waals surface area contributed by atoms with E-state index in [1.54, 1.807) is 6.33 Å². The van der Waals surface area contributed by atoms with Crippen molar-refractivity contribution >= 4 is 0 Å². The van der Waals surface area contributed by atoms with Crippen LogP contribution in [0.25, 0.3) is 11.1 Å². The van der Waals surface area contributed by atoms with E-state index < -0.39 is 0 Å². The minimum atomic E-state index is 1.03. The molecule has 1 aromatic carbocycles. The second-order valence-corrected chi connectivity index (χ2v) is 4.77. The van der Waals surface area contributed by atoms with Crippen LogP contribution in [0.1, 0.15) is 18.4 Å². The van der Waals surface area contributed by atoms with Gasteiger partial charge in [0.1, 0.15) is 6.33 Å². The molecule has 18 heavy (non-hydrogen) atoms. The Morgan fingerprint density at radius 3 is 2.50 bits per heavy atom. The summed E-state index contributed by atoms with van der Waals surface area (Å²) in [5.74, 6) is 0. The summed E-state index contributed by atoms with van der Waals surface area (Å²) in [5, 5.41) is 0. The largest absolute Gasteiger partial charge is 0.299 e. The lowest BCUT2D eigenvalue weighted by Gasteiger charge is -2.17. The Morgan fingerprint density at radius 2 is 1.72 bits per heavy atom. The average Bonchev–Trinajstić information content (AvgIpc) is 2.93. The molecular formula is C15H17N3. The van der Waals surface area contributed by atoms with Gasteiger partial charge in [0.25, 0.3) is 0 Å². The number of nitrogens with zero attached hydrogens (tertiary/aromatic N) is 3. The maximum Gasteiger partial charge on any atom is 0.115 e. The van der Waals surface area contributed by atoms with Crippen molar-refractivity contribution in [2.75, 3.05) is 13.1 Å². The number of hydrogen-bond donors (Lipinski definition) is 0. The lowest BCUT2D eigenvalue weighted by Crippen LogP contribution is -2.18. The molecule has 0 aliphatic carbocycles. The van der Waals surface area contributed by atoms with Crippen molar-refractivity contribution in [2.24, 2.45) is 0 Å². The molecule has 1 fully saturated rings. The fraction of sp³-hybridized carbons (Fsp3) is 0.333. The summed E-state index contributed by atoms with van der Waals surface area (Å²) in [7, 11) is 0. The summed E-state index contributed by atoms with van der Waals surface area (Å²) in [4.78, 5) is 10.7. The highest BCUT2D eigenvalue weighted by molar-refractivity contribution is 5.65. The van der Waals surface area contributed by atoms with Crippen LogP contribution in [0.5, 0.6) is 0 Å². The first-order valence-corrected chi connectivity index (χ1v) is 6.49. The maximum atomic E-state index is 4.11. The molecule has 1 aliphatic rings. The molecule has 2 aromatic rings. The first-order valence-electron chi connectivity index (χ1n) is 6.49. The second kappa shape index (κ2) is 5.27. The smallest absolute Gasteiger partial charge is 0.115 e. The van der Waals surface area contributed by atoms with Crippen molar-refractivity contribution < 1.29 is 0 Å². The Labute approximate surface area is 108 Å². The highest BCUT2D eigenvalue weighted by Crippen LogP contribution is 2.24. The molecule has 0 bridgehead atoms. The van der Waals surface area contributed by atoms with Gasteiger partial charge in [-0.3, -0.25) is 4.90 Å². The fourth-order valence-corrected chi connectivity index (χ4v) is 2.56. The molecule has 1 saturated heterocycles. The van der Waals surface area contributed by atoms with Crippen LogP contribution in [0.15, 0.2) is 43.0 Å². The summed E-state index contributed by atoms with van der Waals surface area (Å²) in [6.07, 6.45) is 8.01. The minimum Gasteiger partial charge on any atom is -0.299 e. The molecule has 0 amide bonds. The van der Waals surface area contributed by atoms with Crippen molar-refractivity contribution in [3.05, 3.63) is 48.5 Å². The summed E-state index contributed by atoms with van der Waals surface area (Å²) in [6, 6.07) is 8.55. The van der Waals surface area contributed by atoms with E-state index >= 15 is 0 Å². The van der Waals surface area contributed by atoms with Crippen LogP contribution in [0.2, 0.25) is 0 Å². The molecule has 3 heteroatoms. The van der Waals surface area contributed by atoms with Gasteiger partial charge in [-0.25, -0.2) is 9.97 Å². The third-order valence-corrected chi connectivity index (χ3v) is 3.48. The molecule has 92 valence electrons. The molecule has 0 atom stereocenters. The Morgan fingerprint density at radius 1 is 1.00 bits per heavy atom. The highest BCUT2D eigenvalue weighted by atomic mass is 15.1. The van der Waals surface area contributed by atoms with Crippen LogP contribution in [0.3, 0.4) is 0 Å². The Kier molecular flexibility index (Phi) is 3.33. The molecule has 2 heterocycles. The van der Waals surface area contributed by atoms with Crippen molar-refractivity contribution in [3.8, 4) is 11.1 Å².